The molecular formula is C12H13NO4. The molecule has 1 atom stereocenters. The van der Waals surface area contributed by atoms with E-state index in [0.29, 0.717) is 12.0 Å². The van der Waals surface area contributed by atoms with Crippen molar-refractivity contribution in [2.24, 2.45) is 0 Å². The lowest BCUT2D eigenvalue weighted by atomic mass is 9.97. The van der Waals surface area contributed by atoms with Gasteiger partial charge in [-0.15, -0.1) is 0 Å². The van der Waals surface area contributed by atoms with E-state index >= 15 is 0 Å². The van der Waals surface area contributed by atoms with E-state index in [0.717, 1.165) is 11.3 Å². The molecule has 90 valence electrons. The molecule has 0 aromatic heterocycles. The summed E-state index contributed by atoms with van der Waals surface area (Å²) in [6, 6.07) is 4.99. The van der Waals surface area contributed by atoms with Gasteiger partial charge in [0.25, 0.3) is 0 Å². The lowest BCUT2D eigenvalue weighted by Gasteiger charge is -2.18. The van der Waals surface area contributed by atoms with Crippen LogP contribution in [0.2, 0.25) is 0 Å². The Kier molecular flexibility index (Phi) is 2.53. The number of rotatable bonds is 2. The molecule has 1 unspecified atom stereocenters. The molecule has 5 nitrogen and oxygen atoms in total. The van der Waals surface area contributed by atoms with Crippen molar-refractivity contribution in [3.63, 3.8) is 0 Å². The maximum Gasteiger partial charge on any atom is 0.337 e. The summed E-state index contributed by atoms with van der Waals surface area (Å²) < 4.78 is 4.62. The van der Waals surface area contributed by atoms with Crippen LogP contribution in [0.25, 0.3) is 0 Å². The third kappa shape index (κ3) is 1.84. The Labute approximate surface area is 98.4 Å². The highest BCUT2D eigenvalue weighted by Gasteiger charge is 2.39. The van der Waals surface area contributed by atoms with Crippen molar-refractivity contribution in [3.05, 3.63) is 29.3 Å². The first-order valence-electron chi connectivity index (χ1n) is 5.19. The van der Waals surface area contributed by atoms with Crippen molar-refractivity contribution >= 4 is 17.6 Å². The number of benzene rings is 1. The van der Waals surface area contributed by atoms with Gasteiger partial charge in [-0.05, 0) is 30.7 Å². The molecule has 0 amide bonds. The van der Waals surface area contributed by atoms with E-state index in [2.05, 4.69) is 10.1 Å². The van der Waals surface area contributed by atoms with Gasteiger partial charge in [-0.1, -0.05) is 0 Å². The number of carbonyl (C=O) groups is 2. The monoisotopic (exact) mass is 235 g/mol. The standard InChI is InChI=1S/C12H13NO4/c1-12(11(15)16)6-8-5-7(10(14)17-2)3-4-9(8)13-12/h3-5,13H,6H2,1-2H3,(H,15,16). The van der Waals surface area contributed by atoms with Crippen LogP contribution in [0.1, 0.15) is 22.8 Å². The van der Waals surface area contributed by atoms with Gasteiger partial charge in [0.1, 0.15) is 5.54 Å². The van der Waals surface area contributed by atoms with Gasteiger partial charge in [0.2, 0.25) is 0 Å². The van der Waals surface area contributed by atoms with Crippen LogP contribution in [-0.4, -0.2) is 29.7 Å². The fourth-order valence-electron chi connectivity index (χ4n) is 1.96. The van der Waals surface area contributed by atoms with E-state index in [9.17, 15) is 9.59 Å². The topological polar surface area (TPSA) is 75.6 Å². The first kappa shape index (κ1) is 11.4. The maximum atomic E-state index is 11.3. The number of hydrogen-bond acceptors (Lipinski definition) is 4. The molecule has 1 heterocycles. The zero-order chi connectivity index (χ0) is 12.6. The second-order valence-electron chi connectivity index (χ2n) is 4.30. The Balaban J connectivity index is 2.34. The van der Waals surface area contributed by atoms with Crippen molar-refractivity contribution < 1.29 is 19.4 Å². The van der Waals surface area contributed by atoms with Gasteiger partial charge < -0.3 is 15.2 Å². The molecule has 2 rings (SSSR count). The molecule has 0 fully saturated rings. The van der Waals surface area contributed by atoms with E-state index in [1.54, 1.807) is 25.1 Å². The number of esters is 1. The van der Waals surface area contributed by atoms with Crippen molar-refractivity contribution in [1.82, 2.24) is 0 Å². The van der Waals surface area contributed by atoms with E-state index in [-0.39, 0.29) is 0 Å². The van der Waals surface area contributed by atoms with Crippen molar-refractivity contribution in [2.45, 2.75) is 18.9 Å². The average Bonchev–Trinajstić information content (AvgIpc) is 2.64. The highest BCUT2D eigenvalue weighted by atomic mass is 16.5. The van der Waals surface area contributed by atoms with Gasteiger partial charge in [0, 0.05) is 12.1 Å². The first-order valence-corrected chi connectivity index (χ1v) is 5.19. The number of carboxylic acids is 1. The van der Waals surface area contributed by atoms with E-state index in [1.165, 1.54) is 7.11 Å². The van der Waals surface area contributed by atoms with E-state index in [1.807, 2.05) is 0 Å². The summed E-state index contributed by atoms with van der Waals surface area (Å²) in [5.74, 6) is -1.33. The molecule has 1 aliphatic rings. The Hall–Kier alpha value is -2.04. The second-order valence-corrected chi connectivity index (χ2v) is 4.30. The number of nitrogens with one attached hydrogen (secondary N) is 1. The molecule has 1 aromatic carbocycles. The Bertz CT molecular complexity index is 497. The summed E-state index contributed by atoms with van der Waals surface area (Å²) in [7, 11) is 1.31. The normalized spacial score (nSPS) is 21.5. The predicted octanol–water partition coefficient (Wildman–Crippen LogP) is 1.28. The van der Waals surface area contributed by atoms with Crippen LogP contribution >= 0.6 is 0 Å². The zero-order valence-electron chi connectivity index (χ0n) is 9.61. The quantitative estimate of drug-likeness (QED) is 0.755. The van der Waals surface area contributed by atoms with Gasteiger partial charge >= 0.3 is 11.9 Å². The summed E-state index contributed by atoms with van der Waals surface area (Å²) in [6.45, 7) is 1.62. The van der Waals surface area contributed by atoms with Gasteiger partial charge in [-0.2, -0.15) is 0 Å². The van der Waals surface area contributed by atoms with Crippen molar-refractivity contribution in [2.75, 3.05) is 12.4 Å². The number of anilines is 1. The largest absolute Gasteiger partial charge is 0.480 e. The minimum atomic E-state index is -1.00. The highest BCUT2D eigenvalue weighted by molar-refractivity contribution is 5.92. The van der Waals surface area contributed by atoms with Gasteiger partial charge in [-0.3, -0.25) is 0 Å². The van der Waals surface area contributed by atoms with Crippen molar-refractivity contribution in [3.8, 4) is 0 Å². The summed E-state index contributed by atoms with van der Waals surface area (Å²) in [4.78, 5) is 22.5. The van der Waals surface area contributed by atoms with E-state index < -0.39 is 17.5 Å². The molecule has 17 heavy (non-hydrogen) atoms. The molecule has 5 heteroatoms. The summed E-state index contributed by atoms with van der Waals surface area (Å²) in [5.41, 5.74) is 1.000. The van der Waals surface area contributed by atoms with Gasteiger partial charge in [0.05, 0.1) is 12.7 Å². The molecule has 0 saturated heterocycles. The Morgan fingerprint density at radius 2 is 2.18 bits per heavy atom. The molecule has 0 radical (unpaired) electrons. The molecule has 0 bridgehead atoms. The lowest BCUT2D eigenvalue weighted by molar-refractivity contribution is -0.141. The summed E-state index contributed by atoms with van der Waals surface area (Å²) in [6.07, 6.45) is 0.350. The number of carboxylic acid groups (broad SMARTS) is 1. The zero-order valence-corrected chi connectivity index (χ0v) is 9.61. The van der Waals surface area contributed by atoms with E-state index in [4.69, 9.17) is 5.11 Å². The molecule has 0 saturated carbocycles. The van der Waals surface area contributed by atoms with Crippen LogP contribution in [0.4, 0.5) is 5.69 Å². The Morgan fingerprint density at radius 1 is 1.47 bits per heavy atom. The SMILES string of the molecule is COC(=O)c1ccc2c(c1)CC(C)(C(=O)O)N2. The third-order valence-electron chi connectivity index (χ3n) is 2.95. The minimum absolute atomic E-state index is 0.350. The fraction of sp³-hybridized carbons (Fsp3) is 0.333. The van der Waals surface area contributed by atoms with Crippen LogP contribution in [0.5, 0.6) is 0 Å². The Morgan fingerprint density at radius 3 is 2.76 bits per heavy atom. The number of ether oxygens (including phenoxy) is 1. The van der Waals surface area contributed by atoms with Crippen LogP contribution in [0.3, 0.4) is 0 Å². The second kappa shape index (κ2) is 3.76. The molecule has 1 aliphatic heterocycles. The van der Waals surface area contributed by atoms with Crippen LogP contribution in [0, 0.1) is 0 Å². The fourth-order valence-corrected chi connectivity index (χ4v) is 1.96. The molecule has 2 N–H and O–H groups in total. The minimum Gasteiger partial charge on any atom is -0.480 e. The molecule has 1 aromatic rings. The summed E-state index contributed by atoms with van der Waals surface area (Å²) in [5, 5.41) is 12.1. The summed E-state index contributed by atoms with van der Waals surface area (Å²) >= 11 is 0. The predicted molar refractivity (Wildman–Crippen MR) is 61.1 cm³/mol. The van der Waals surface area contributed by atoms with Crippen LogP contribution in [0.15, 0.2) is 18.2 Å². The first-order chi connectivity index (χ1) is 7.96. The lowest BCUT2D eigenvalue weighted by Crippen LogP contribution is -2.41. The van der Waals surface area contributed by atoms with Gasteiger partial charge in [-0.25, -0.2) is 9.59 Å². The molecule has 0 spiro atoms. The molecular weight excluding hydrogens is 222 g/mol. The number of carbonyl (C=O) groups excluding carboxylic acids is 1. The van der Waals surface area contributed by atoms with Crippen LogP contribution < -0.4 is 5.32 Å². The number of fused-ring (bicyclic) bond motifs is 1. The highest BCUT2D eigenvalue weighted by Crippen LogP contribution is 2.33. The smallest absolute Gasteiger partial charge is 0.337 e. The van der Waals surface area contributed by atoms with Crippen LogP contribution in [-0.2, 0) is 16.0 Å². The number of methoxy groups -OCH3 is 1. The third-order valence-corrected chi connectivity index (χ3v) is 2.95. The maximum absolute atomic E-state index is 11.3. The average molecular weight is 235 g/mol. The molecule has 0 aliphatic carbocycles. The number of aliphatic carboxylic acids is 1. The van der Waals surface area contributed by atoms with Crippen molar-refractivity contribution in [1.29, 1.82) is 0 Å². The number of hydrogen-bond donors (Lipinski definition) is 2. The van der Waals surface area contributed by atoms with Gasteiger partial charge in [0.15, 0.2) is 0 Å².